The van der Waals surface area contributed by atoms with Crippen LogP contribution in [0.1, 0.15) is 51.5 Å². The van der Waals surface area contributed by atoms with Gasteiger partial charge in [-0.15, -0.1) is 0 Å². The number of ether oxygens (including phenoxy) is 2. The smallest absolute Gasteiger partial charge is 0.161 e. The summed E-state index contributed by atoms with van der Waals surface area (Å²) in [7, 11) is 1.62. The van der Waals surface area contributed by atoms with E-state index in [4.69, 9.17) is 9.47 Å². The molecular formula is C22H38N2O4. The van der Waals surface area contributed by atoms with Gasteiger partial charge in [-0.05, 0) is 43.6 Å². The highest BCUT2D eigenvalue weighted by atomic mass is 16.5. The van der Waals surface area contributed by atoms with Gasteiger partial charge in [-0.3, -0.25) is 0 Å². The Hall–Kier alpha value is -1.34. The van der Waals surface area contributed by atoms with Crippen molar-refractivity contribution in [1.29, 1.82) is 0 Å². The number of methoxy groups -OCH3 is 1. The number of benzene rings is 1. The van der Waals surface area contributed by atoms with Gasteiger partial charge in [0.15, 0.2) is 11.5 Å². The van der Waals surface area contributed by atoms with Crippen molar-refractivity contribution in [2.45, 2.75) is 64.2 Å². The standard InChI is InChI=1S/C22H38N2O4/c1-4-24(5-2)15-19(25)16-28-20-10-9-18(13-21(20)27-3)14-23-17-22(26)11-7-6-8-12-22/h9-10,13,19,23,25-26H,4-8,11-12,14-17H2,1-3H3/t19-/m0/s1. The fourth-order valence-electron chi connectivity index (χ4n) is 3.79. The Morgan fingerprint density at radius 2 is 1.86 bits per heavy atom. The molecule has 0 aliphatic heterocycles. The lowest BCUT2D eigenvalue weighted by Gasteiger charge is -2.32. The molecule has 160 valence electrons. The van der Waals surface area contributed by atoms with Crippen LogP contribution < -0.4 is 14.8 Å². The first kappa shape index (κ1) is 22.9. The average molecular weight is 395 g/mol. The lowest BCUT2D eigenvalue weighted by atomic mass is 9.85. The third-order valence-corrected chi connectivity index (χ3v) is 5.59. The fourth-order valence-corrected chi connectivity index (χ4v) is 3.79. The maximum absolute atomic E-state index is 10.6. The number of hydrogen-bond donors (Lipinski definition) is 3. The molecule has 0 bridgehead atoms. The van der Waals surface area contributed by atoms with Gasteiger partial charge in [0, 0.05) is 19.6 Å². The predicted molar refractivity (Wildman–Crippen MR) is 112 cm³/mol. The number of likely N-dealkylation sites (N-methyl/N-ethyl adjacent to an activating group) is 1. The maximum Gasteiger partial charge on any atom is 0.161 e. The predicted octanol–water partition coefficient (Wildman–Crippen LogP) is 2.56. The molecule has 1 atom stereocenters. The van der Waals surface area contributed by atoms with E-state index in [1.54, 1.807) is 7.11 Å². The lowest BCUT2D eigenvalue weighted by Crippen LogP contribution is -2.41. The van der Waals surface area contributed by atoms with Gasteiger partial charge in [0.2, 0.25) is 0 Å². The molecule has 1 saturated carbocycles. The molecule has 1 aromatic carbocycles. The summed E-state index contributed by atoms with van der Waals surface area (Å²) >= 11 is 0. The van der Waals surface area contributed by atoms with Crippen molar-refractivity contribution in [2.75, 3.05) is 39.9 Å². The zero-order chi connectivity index (χ0) is 20.4. The Labute approximate surface area is 169 Å². The molecule has 1 fully saturated rings. The van der Waals surface area contributed by atoms with Gasteiger partial charge in [-0.25, -0.2) is 0 Å². The summed E-state index contributed by atoms with van der Waals surface area (Å²) in [6, 6.07) is 5.83. The van der Waals surface area contributed by atoms with E-state index in [2.05, 4.69) is 24.1 Å². The second-order valence-electron chi connectivity index (χ2n) is 7.82. The van der Waals surface area contributed by atoms with E-state index in [0.29, 0.717) is 31.1 Å². The third kappa shape index (κ3) is 7.24. The topological polar surface area (TPSA) is 74.2 Å². The summed E-state index contributed by atoms with van der Waals surface area (Å²) in [6.07, 6.45) is 4.67. The van der Waals surface area contributed by atoms with Crippen molar-refractivity contribution < 1.29 is 19.7 Å². The van der Waals surface area contributed by atoms with E-state index < -0.39 is 11.7 Å². The van der Waals surface area contributed by atoms with Crippen molar-refractivity contribution in [3.8, 4) is 11.5 Å². The summed E-state index contributed by atoms with van der Waals surface area (Å²) in [5.41, 5.74) is 0.513. The molecule has 6 heteroatoms. The first-order valence-corrected chi connectivity index (χ1v) is 10.6. The summed E-state index contributed by atoms with van der Waals surface area (Å²) < 4.78 is 11.3. The zero-order valence-corrected chi connectivity index (χ0v) is 17.7. The molecule has 0 aromatic heterocycles. The normalized spacial score (nSPS) is 17.5. The van der Waals surface area contributed by atoms with Crippen LogP contribution in [-0.4, -0.2) is 66.7 Å². The van der Waals surface area contributed by atoms with E-state index in [0.717, 1.165) is 44.3 Å². The lowest BCUT2D eigenvalue weighted by molar-refractivity contribution is 0.00467. The van der Waals surface area contributed by atoms with E-state index >= 15 is 0 Å². The van der Waals surface area contributed by atoms with Gasteiger partial charge in [0.25, 0.3) is 0 Å². The van der Waals surface area contributed by atoms with Gasteiger partial charge in [0.05, 0.1) is 12.7 Å². The number of hydrogen-bond acceptors (Lipinski definition) is 6. The Morgan fingerprint density at radius 1 is 1.14 bits per heavy atom. The molecule has 0 radical (unpaired) electrons. The number of nitrogens with one attached hydrogen (secondary N) is 1. The van der Waals surface area contributed by atoms with Gasteiger partial charge < -0.3 is 29.9 Å². The first-order valence-electron chi connectivity index (χ1n) is 10.6. The molecular weight excluding hydrogens is 356 g/mol. The van der Waals surface area contributed by atoms with Crippen LogP contribution in [0.3, 0.4) is 0 Å². The highest BCUT2D eigenvalue weighted by Gasteiger charge is 2.28. The largest absolute Gasteiger partial charge is 0.493 e. The SMILES string of the molecule is CCN(CC)C[C@H](O)COc1ccc(CNCC2(O)CCCCC2)cc1OC. The van der Waals surface area contributed by atoms with E-state index in [1.807, 2.05) is 18.2 Å². The molecule has 0 amide bonds. The second-order valence-corrected chi connectivity index (χ2v) is 7.82. The number of nitrogens with zero attached hydrogens (tertiary/aromatic N) is 1. The second kappa shape index (κ2) is 11.6. The maximum atomic E-state index is 10.6. The summed E-state index contributed by atoms with van der Waals surface area (Å²) in [6.45, 7) is 8.10. The Bertz CT molecular complexity index is 572. The van der Waals surface area contributed by atoms with Gasteiger partial charge in [-0.1, -0.05) is 39.2 Å². The molecule has 0 spiro atoms. The van der Waals surface area contributed by atoms with Crippen LogP contribution >= 0.6 is 0 Å². The molecule has 0 heterocycles. The highest BCUT2D eigenvalue weighted by molar-refractivity contribution is 5.43. The quantitative estimate of drug-likeness (QED) is 0.506. The minimum atomic E-state index is -0.563. The summed E-state index contributed by atoms with van der Waals surface area (Å²) in [5, 5.41) is 24.1. The van der Waals surface area contributed by atoms with Crippen molar-refractivity contribution in [3.63, 3.8) is 0 Å². The average Bonchev–Trinajstić information content (AvgIpc) is 2.71. The molecule has 0 unspecified atom stereocenters. The van der Waals surface area contributed by atoms with Crippen LogP contribution in [0.25, 0.3) is 0 Å². The molecule has 6 nitrogen and oxygen atoms in total. The van der Waals surface area contributed by atoms with Crippen LogP contribution in [0.15, 0.2) is 18.2 Å². The molecule has 2 rings (SSSR count). The van der Waals surface area contributed by atoms with Crippen LogP contribution in [0.5, 0.6) is 11.5 Å². The third-order valence-electron chi connectivity index (χ3n) is 5.59. The van der Waals surface area contributed by atoms with Crippen molar-refractivity contribution in [2.24, 2.45) is 0 Å². The molecule has 0 saturated heterocycles. The van der Waals surface area contributed by atoms with Gasteiger partial charge in [-0.2, -0.15) is 0 Å². The minimum Gasteiger partial charge on any atom is -0.493 e. The molecule has 1 aliphatic carbocycles. The number of rotatable bonds is 12. The molecule has 1 aromatic rings. The fraction of sp³-hybridized carbons (Fsp3) is 0.727. The zero-order valence-electron chi connectivity index (χ0n) is 17.7. The Kier molecular flexibility index (Phi) is 9.51. The molecule has 1 aliphatic rings. The van der Waals surface area contributed by atoms with Crippen LogP contribution in [0.4, 0.5) is 0 Å². The van der Waals surface area contributed by atoms with Crippen molar-refractivity contribution >= 4 is 0 Å². The number of aliphatic hydroxyl groups excluding tert-OH is 1. The monoisotopic (exact) mass is 394 g/mol. The Morgan fingerprint density at radius 3 is 2.50 bits per heavy atom. The highest BCUT2D eigenvalue weighted by Crippen LogP contribution is 2.29. The van der Waals surface area contributed by atoms with E-state index in [9.17, 15) is 10.2 Å². The summed E-state index contributed by atoms with van der Waals surface area (Å²) in [5.74, 6) is 1.29. The summed E-state index contributed by atoms with van der Waals surface area (Å²) in [4.78, 5) is 2.17. The van der Waals surface area contributed by atoms with Gasteiger partial charge in [0.1, 0.15) is 12.7 Å². The first-order chi connectivity index (χ1) is 13.5. The van der Waals surface area contributed by atoms with Crippen LogP contribution in [-0.2, 0) is 6.54 Å². The van der Waals surface area contributed by atoms with E-state index in [1.165, 1.54) is 6.42 Å². The van der Waals surface area contributed by atoms with Crippen molar-refractivity contribution in [1.82, 2.24) is 10.2 Å². The number of aliphatic hydroxyl groups is 2. The molecule has 3 N–H and O–H groups in total. The van der Waals surface area contributed by atoms with Crippen LogP contribution in [0.2, 0.25) is 0 Å². The van der Waals surface area contributed by atoms with E-state index in [-0.39, 0.29) is 6.61 Å². The Balaban J connectivity index is 1.83. The van der Waals surface area contributed by atoms with Gasteiger partial charge >= 0.3 is 0 Å². The minimum absolute atomic E-state index is 0.234. The van der Waals surface area contributed by atoms with Crippen molar-refractivity contribution in [3.05, 3.63) is 23.8 Å². The van der Waals surface area contributed by atoms with Crippen LogP contribution in [0, 0.1) is 0 Å². The molecule has 28 heavy (non-hydrogen) atoms.